The van der Waals surface area contributed by atoms with E-state index < -0.39 is 0 Å². The number of ketones is 2. The molecule has 0 amide bonds. The van der Waals surface area contributed by atoms with E-state index in [0.29, 0.717) is 30.4 Å². The Hall–Kier alpha value is -3.20. The highest BCUT2D eigenvalue weighted by Gasteiger charge is 2.10. The van der Waals surface area contributed by atoms with Gasteiger partial charge in [-0.05, 0) is 43.0 Å². The van der Waals surface area contributed by atoms with Crippen molar-refractivity contribution < 1.29 is 9.59 Å². The molecule has 2 N–H and O–H groups in total. The van der Waals surface area contributed by atoms with Crippen LogP contribution >= 0.6 is 0 Å². The number of carbonyl (C=O) groups excluding carboxylic acids is 2. The van der Waals surface area contributed by atoms with Gasteiger partial charge in [0.25, 0.3) is 0 Å². The summed E-state index contributed by atoms with van der Waals surface area (Å²) in [5.41, 5.74) is 11.2. The molecule has 0 bridgehead atoms. The lowest BCUT2D eigenvalue weighted by Crippen LogP contribution is -2.04. The molecule has 0 aromatic heterocycles. The molecule has 3 nitrogen and oxygen atoms in total. The third-order valence-corrected chi connectivity index (χ3v) is 4.91. The van der Waals surface area contributed by atoms with Crippen LogP contribution in [0.1, 0.15) is 121 Å². The van der Waals surface area contributed by atoms with Crippen LogP contribution in [0, 0.1) is 6.92 Å². The van der Waals surface area contributed by atoms with Gasteiger partial charge in [-0.1, -0.05) is 137 Å². The molecule has 3 aromatic rings. The lowest BCUT2D eigenvalue weighted by molar-refractivity contribution is 0.0971. The van der Waals surface area contributed by atoms with Gasteiger partial charge in [0.15, 0.2) is 11.6 Å². The molecule has 38 heavy (non-hydrogen) atoms. The molecule has 0 spiro atoms. The maximum absolute atomic E-state index is 12.4. The molecule has 0 radical (unpaired) electrons. The van der Waals surface area contributed by atoms with Crippen LogP contribution in [0.2, 0.25) is 0 Å². The third-order valence-electron chi connectivity index (χ3n) is 4.91. The van der Waals surface area contributed by atoms with Gasteiger partial charge < -0.3 is 5.73 Å². The van der Waals surface area contributed by atoms with E-state index in [1.165, 1.54) is 5.56 Å². The minimum Gasteiger partial charge on any atom is -0.399 e. The van der Waals surface area contributed by atoms with E-state index in [9.17, 15) is 9.59 Å². The number of rotatable bonds is 8. The van der Waals surface area contributed by atoms with Crippen LogP contribution in [0.25, 0.3) is 0 Å². The molecule has 0 fully saturated rings. The van der Waals surface area contributed by atoms with E-state index in [1.54, 1.807) is 24.3 Å². The second-order valence-corrected chi connectivity index (χ2v) is 7.15. The molecule has 0 heterocycles. The van der Waals surface area contributed by atoms with Crippen LogP contribution < -0.4 is 5.73 Å². The Morgan fingerprint density at radius 2 is 0.816 bits per heavy atom. The molecule has 3 heteroatoms. The van der Waals surface area contributed by atoms with Gasteiger partial charge in [-0.3, -0.25) is 9.59 Å². The molecule has 0 unspecified atom stereocenters. The van der Waals surface area contributed by atoms with Gasteiger partial charge in [-0.15, -0.1) is 0 Å². The molecular formula is C35H59NO2. The molecule has 0 aliphatic carbocycles. The van der Waals surface area contributed by atoms with Gasteiger partial charge >= 0.3 is 0 Å². The van der Waals surface area contributed by atoms with Gasteiger partial charge in [0, 0.05) is 29.7 Å². The highest BCUT2D eigenvalue weighted by molar-refractivity contribution is 5.99. The van der Waals surface area contributed by atoms with E-state index in [-0.39, 0.29) is 41.3 Å². The SMILES string of the molecule is C.C.C.C.CC.CC.CC.Cc1ccc(CCC(=O)c2ccc(C(=O)CCc3ccc(N)cc3)cc2)cc1. The molecule has 0 saturated heterocycles. The lowest BCUT2D eigenvalue weighted by atomic mass is 9.98. The Morgan fingerprint density at radius 3 is 1.13 bits per heavy atom. The van der Waals surface area contributed by atoms with E-state index in [4.69, 9.17) is 5.73 Å². The van der Waals surface area contributed by atoms with Gasteiger partial charge in [-0.25, -0.2) is 0 Å². The summed E-state index contributed by atoms with van der Waals surface area (Å²) in [6.07, 6.45) is 2.30. The Kier molecular flexibility index (Phi) is 31.6. The highest BCUT2D eigenvalue weighted by atomic mass is 16.1. The van der Waals surface area contributed by atoms with Gasteiger partial charge in [-0.2, -0.15) is 0 Å². The number of benzene rings is 3. The summed E-state index contributed by atoms with van der Waals surface area (Å²) < 4.78 is 0. The lowest BCUT2D eigenvalue weighted by Gasteiger charge is -2.05. The van der Waals surface area contributed by atoms with Crippen LogP contribution in [0.15, 0.2) is 72.8 Å². The smallest absolute Gasteiger partial charge is 0.163 e. The first-order valence-electron chi connectivity index (χ1n) is 12.6. The van der Waals surface area contributed by atoms with Crippen LogP contribution in [-0.2, 0) is 12.8 Å². The fraction of sp³-hybridized carbons (Fsp3) is 0.429. The average molecular weight is 526 g/mol. The number of carbonyl (C=O) groups is 2. The number of hydrogen-bond acceptors (Lipinski definition) is 3. The number of anilines is 1. The van der Waals surface area contributed by atoms with E-state index >= 15 is 0 Å². The molecule has 3 aromatic carbocycles. The fourth-order valence-electron chi connectivity index (χ4n) is 3.09. The predicted molar refractivity (Wildman–Crippen MR) is 175 cm³/mol. The third kappa shape index (κ3) is 16.5. The average Bonchev–Trinajstić information content (AvgIpc) is 2.91. The van der Waals surface area contributed by atoms with Gasteiger partial charge in [0.2, 0.25) is 0 Å². The van der Waals surface area contributed by atoms with Gasteiger partial charge in [0.1, 0.15) is 0 Å². The number of aryl methyl sites for hydroxylation is 3. The summed E-state index contributed by atoms with van der Waals surface area (Å²) in [5.74, 6) is 0.178. The number of nitrogens with two attached hydrogens (primary N) is 1. The van der Waals surface area contributed by atoms with Gasteiger partial charge in [0.05, 0.1) is 0 Å². The quantitative estimate of drug-likeness (QED) is 0.235. The molecule has 0 atom stereocenters. The first-order chi connectivity index (χ1) is 16.5. The largest absolute Gasteiger partial charge is 0.399 e. The van der Waals surface area contributed by atoms with Crippen LogP contribution in [0.4, 0.5) is 5.69 Å². The van der Waals surface area contributed by atoms with Crippen molar-refractivity contribution in [1.82, 2.24) is 0 Å². The minimum atomic E-state index is 0. The van der Waals surface area contributed by atoms with Crippen molar-refractivity contribution in [3.05, 3.63) is 101 Å². The zero-order chi connectivity index (χ0) is 25.9. The molecule has 216 valence electrons. The summed E-state index contributed by atoms with van der Waals surface area (Å²) in [7, 11) is 0. The van der Waals surface area contributed by atoms with Crippen molar-refractivity contribution in [2.24, 2.45) is 0 Å². The Labute approximate surface area is 236 Å². The van der Waals surface area contributed by atoms with E-state index in [1.807, 2.05) is 72.7 Å². The molecule has 0 aliphatic heterocycles. The second-order valence-electron chi connectivity index (χ2n) is 7.15. The topological polar surface area (TPSA) is 60.2 Å². The standard InChI is InChI=1S/C25H25NO2.3C2H6.4CH4/c1-18-2-4-19(5-3-18)8-16-24(27)21-10-12-22(13-11-21)25(28)17-9-20-6-14-23(26)15-7-20;3*1-2;;;;/h2-7,10-15H,8-9,16-17,26H2,1H3;3*1-2H3;4*1H4. The summed E-state index contributed by atoms with van der Waals surface area (Å²) in [6.45, 7) is 14.0. The monoisotopic (exact) mass is 525 g/mol. The molecule has 0 saturated carbocycles. The molecule has 0 aliphatic rings. The van der Waals surface area contributed by atoms with Crippen molar-refractivity contribution in [2.45, 2.75) is 104 Å². The summed E-state index contributed by atoms with van der Waals surface area (Å²) >= 11 is 0. The second kappa shape index (κ2) is 26.9. The predicted octanol–water partition coefficient (Wildman–Crippen LogP) is 10.8. The summed E-state index contributed by atoms with van der Waals surface area (Å²) in [4.78, 5) is 24.8. The normalized spacial score (nSPS) is 8.29. The van der Waals surface area contributed by atoms with Crippen LogP contribution in [0.5, 0.6) is 0 Å². The van der Waals surface area contributed by atoms with Crippen molar-refractivity contribution in [1.29, 1.82) is 0 Å². The maximum atomic E-state index is 12.4. The van der Waals surface area contributed by atoms with Crippen molar-refractivity contribution in [3.8, 4) is 0 Å². The van der Waals surface area contributed by atoms with Crippen LogP contribution in [0.3, 0.4) is 0 Å². The number of hydrogen-bond donors (Lipinski definition) is 1. The van der Waals surface area contributed by atoms with Crippen LogP contribution in [-0.4, -0.2) is 11.6 Å². The number of Topliss-reactive ketones (excluding diaryl/α,β-unsaturated/α-hetero) is 2. The number of nitrogen functional groups attached to an aromatic ring is 1. The Morgan fingerprint density at radius 1 is 0.526 bits per heavy atom. The zero-order valence-corrected chi connectivity index (χ0v) is 22.2. The molecule has 3 rings (SSSR count). The highest BCUT2D eigenvalue weighted by Crippen LogP contribution is 2.14. The van der Waals surface area contributed by atoms with Crippen molar-refractivity contribution >= 4 is 17.3 Å². The Bertz CT molecular complexity index is 860. The zero-order valence-electron chi connectivity index (χ0n) is 22.2. The first kappa shape index (κ1) is 44.8. The Balaban J connectivity index is -0.000000339. The van der Waals surface area contributed by atoms with E-state index in [2.05, 4.69) is 24.3 Å². The first-order valence-corrected chi connectivity index (χ1v) is 12.6. The van der Waals surface area contributed by atoms with Crippen molar-refractivity contribution in [3.63, 3.8) is 0 Å². The summed E-state index contributed by atoms with van der Waals surface area (Å²) in [5, 5.41) is 0. The minimum absolute atomic E-state index is 0. The van der Waals surface area contributed by atoms with Crippen molar-refractivity contribution in [2.75, 3.05) is 5.73 Å². The van der Waals surface area contributed by atoms with E-state index in [0.717, 1.165) is 23.2 Å². The molecular weight excluding hydrogens is 466 g/mol. The maximum Gasteiger partial charge on any atom is 0.163 e. The fourth-order valence-corrected chi connectivity index (χ4v) is 3.09. The summed E-state index contributed by atoms with van der Waals surface area (Å²) in [6, 6.07) is 22.8.